The summed E-state index contributed by atoms with van der Waals surface area (Å²) in [7, 11) is -2.22. The first-order valence-corrected chi connectivity index (χ1v) is 10.7. The highest BCUT2D eigenvalue weighted by molar-refractivity contribution is 7.89. The van der Waals surface area contributed by atoms with E-state index in [0.29, 0.717) is 28.1 Å². The van der Waals surface area contributed by atoms with Gasteiger partial charge in [0.15, 0.2) is 0 Å². The summed E-state index contributed by atoms with van der Waals surface area (Å²) in [5.41, 5.74) is 2.13. The van der Waals surface area contributed by atoms with E-state index in [4.69, 9.17) is 21.5 Å². The fraction of sp³-hybridized carbons (Fsp3) is 0.200. The van der Waals surface area contributed by atoms with Crippen molar-refractivity contribution in [2.45, 2.75) is 24.8 Å². The zero-order valence-corrected chi connectivity index (χ0v) is 17.8. The van der Waals surface area contributed by atoms with Gasteiger partial charge >= 0.3 is 0 Å². The third kappa shape index (κ3) is 4.84. The number of ether oxygens (including phenoxy) is 1. The van der Waals surface area contributed by atoms with Gasteiger partial charge in [0.1, 0.15) is 17.4 Å². The van der Waals surface area contributed by atoms with Crippen molar-refractivity contribution in [2.75, 3.05) is 12.4 Å². The molecule has 0 saturated heterocycles. The maximum atomic E-state index is 11.6. The van der Waals surface area contributed by atoms with E-state index in [0.717, 1.165) is 11.1 Å². The summed E-state index contributed by atoms with van der Waals surface area (Å²) < 4.78 is 28.5. The fourth-order valence-electron chi connectivity index (χ4n) is 2.91. The van der Waals surface area contributed by atoms with Crippen molar-refractivity contribution in [1.29, 1.82) is 0 Å². The molecule has 0 fully saturated rings. The molecule has 0 aliphatic rings. The topological polar surface area (TPSA) is 107 Å². The summed E-state index contributed by atoms with van der Waals surface area (Å²) in [6.07, 6.45) is 0. The number of aryl methyl sites for hydroxylation is 1. The van der Waals surface area contributed by atoms with Crippen molar-refractivity contribution in [2.24, 2.45) is 5.14 Å². The standard InChI is InChI=1S/C20H21ClN4O3S/c1-12(14-6-4-7-15(10-14)29(22,26)27)23-19-11-17(24-13(2)25-19)16-8-5-9-18(28-3)20(16)21/h4-12H,1-3H3,(H2,22,26,27)(H,23,24,25). The second-order valence-electron chi connectivity index (χ2n) is 6.49. The number of methoxy groups -OCH3 is 1. The molecule has 7 nitrogen and oxygen atoms in total. The third-order valence-electron chi connectivity index (χ3n) is 4.35. The Bertz CT molecular complexity index is 1150. The predicted molar refractivity (Wildman–Crippen MR) is 114 cm³/mol. The first-order valence-electron chi connectivity index (χ1n) is 8.77. The van der Waals surface area contributed by atoms with Crippen LogP contribution in [0.25, 0.3) is 11.3 Å². The average Bonchev–Trinajstić information content (AvgIpc) is 2.67. The number of nitrogens with one attached hydrogen (secondary N) is 1. The van der Waals surface area contributed by atoms with Crippen LogP contribution in [0.3, 0.4) is 0 Å². The van der Waals surface area contributed by atoms with Crippen molar-refractivity contribution in [1.82, 2.24) is 9.97 Å². The molecular formula is C20H21ClN4O3S. The van der Waals surface area contributed by atoms with Crippen LogP contribution < -0.4 is 15.2 Å². The molecule has 0 amide bonds. The largest absolute Gasteiger partial charge is 0.495 e. The molecular weight excluding hydrogens is 412 g/mol. The van der Waals surface area contributed by atoms with Gasteiger partial charge in [-0.3, -0.25) is 0 Å². The molecule has 1 heterocycles. The number of halogens is 1. The summed E-state index contributed by atoms with van der Waals surface area (Å²) in [5.74, 6) is 1.71. The van der Waals surface area contributed by atoms with E-state index < -0.39 is 10.0 Å². The molecule has 0 radical (unpaired) electrons. The lowest BCUT2D eigenvalue weighted by Gasteiger charge is -2.17. The maximum Gasteiger partial charge on any atom is 0.238 e. The van der Waals surface area contributed by atoms with Gasteiger partial charge in [-0.1, -0.05) is 35.9 Å². The number of nitrogens with zero attached hydrogens (tertiary/aromatic N) is 2. The smallest absolute Gasteiger partial charge is 0.238 e. The van der Waals surface area contributed by atoms with Gasteiger partial charge in [-0.05, 0) is 37.6 Å². The molecule has 2 aromatic carbocycles. The van der Waals surface area contributed by atoms with Crippen LogP contribution in [-0.2, 0) is 10.0 Å². The number of primary sulfonamides is 1. The molecule has 152 valence electrons. The van der Waals surface area contributed by atoms with Crippen LogP contribution in [0.4, 0.5) is 5.82 Å². The molecule has 1 unspecified atom stereocenters. The summed E-state index contributed by atoms with van der Waals surface area (Å²) in [6.45, 7) is 3.69. The zero-order chi connectivity index (χ0) is 21.2. The van der Waals surface area contributed by atoms with Gasteiger partial charge in [-0.25, -0.2) is 23.5 Å². The Morgan fingerprint density at radius 1 is 1.14 bits per heavy atom. The number of hydrogen-bond acceptors (Lipinski definition) is 6. The van der Waals surface area contributed by atoms with Gasteiger partial charge in [-0.2, -0.15) is 0 Å². The van der Waals surface area contributed by atoms with Crippen molar-refractivity contribution in [3.05, 3.63) is 64.9 Å². The number of anilines is 1. The normalized spacial score (nSPS) is 12.4. The molecule has 0 spiro atoms. The molecule has 1 aromatic heterocycles. The lowest BCUT2D eigenvalue weighted by Crippen LogP contribution is -2.14. The molecule has 1 atom stereocenters. The van der Waals surface area contributed by atoms with E-state index >= 15 is 0 Å². The number of hydrogen-bond donors (Lipinski definition) is 2. The molecule has 3 rings (SSSR count). The molecule has 0 bridgehead atoms. The Morgan fingerprint density at radius 2 is 1.86 bits per heavy atom. The van der Waals surface area contributed by atoms with E-state index in [2.05, 4.69) is 15.3 Å². The van der Waals surface area contributed by atoms with E-state index in [1.807, 2.05) is 25.1 Å². The Kier molecular flexibility index (Phi) is 6.07. The van der Waals surface area contributed by atoms with Crippen LogP contribution >= 0.6 is 11.6 Å². The first-order chi connectivity index (χ1) is 13.7. The van der Waals surface area contributed by atoms with Crippen molar-refractivity contribution < 1.29 is 13.2 Å². The van der Waals surface area contributed by atoms with Crippen LogP contribution in [0.2, 0.25) is 5.02 Å². The maximum absolute atomic E-state index is 11.6. The summed E-state index contributed by atoms with van der Waals surface area (Å²) in [4.78, 5) is 8.97. The fourth-order valence-corrected chi connectivity index (χ4v) is 3.78. The Hall–Kier alpha value is -2.68. The summed E-state index contributed by atoms with van der Waals surface area (Å²) >= 11 is 6.44. The highest BCUT2D eigenvalue weighted by Crippen LogP contribution is 2.35. The minimum Gasteiger partial charge on any atom is -0.495 e. The Labute approximate surface area is 175 Å². The quantitative estimate of drug-likeness (QED) is 0.611. The van der Waals surface area contributed by atoms with Crippen molar-refractivity contribution in [3.8, 4) is 17.0 Å². The first kappa shape index (κ1) is 21.0. The number of rotatable bonds is 6. The molecule has 0 aliphatic carbocycles. The van der Waals surface area contributed by atoms with Crippen LogP contribution in [0.5, 0.6) is 5.75 Å². The number of benzene rings is 2. The minimum atomic E-state index is -3.77. The minimum absolute atomic E-state index is 0.0615. The molecule has 3 aromatic rings. The van der Waals surface area contributed by atoms with Gasteiger partial charge in [0.25, 0.3) is 0 Å². The monoisotopic (exact) mass is 432 g/mol. The van der Waals surface area contributed by atoms with Crippen LogP contribution in [0, 0.1) is 6.92 Å². The number of aromatic nitrogens is 2. The predicted octanol–water partition coefficient (Wildman–Crippen LogP) is 3.93. The zero-order valence-electron chi connectivity index (χ0n) is 16.2. The third-order valence-corrected chi connectivity index (χ3v) is 5.65. The SMILES string of the molecule is COc1cccc(-c2cc(NC(C)c3cccc(S(N)(=O)=O)c3)nc(C)n2)c1Cl. The molecule has 0 saturated carbocycles. The van der Waals surface area contributed by atoms with Crippen LogP contribution in [-0.4, -0.2) is 25.5 Å². The van der Waals surface area contributed by atoms with E-state index in [1.165, 1.54) is 6.07 Å². The molecule has 9 heteroatoms. The van der Waals surface area contributed by atoms with E-state index in [9.17, 15) is 8.42 Å². The summed E-state index contributed by atoms with van der Waals surface area (Å²) in [5, 5.41) is 8.97. The van der Waals surface area contributed by atoms with E-state index in [1.54, 1.807) is 38.3 Å². The van der Waals surface area contributed by atoms with Gasteiger partial charge < -0.3 is 10.1 Å². The van der Waals surface area contributed by atoms with Gasteiger partial charge in [0.2, 0.25) is 10.0 Å². The average molecular weight is 433 g/mol. The lowest BCUT2D eigenvalue weighted by atomic mass is 10.1. The second-order valence-corrected chi connectivity index (χ2v) is 8.43. The van der Waals surface area contributed by atoms with Gasteiger partial charge in [-0.15, -0.1) is 0 Å². The Morgan fingerprint density at radius 3 is 2.55 bits per heavy atom. The highest BCUT2D eigenvalue weighted by atomic mass is 35.5. The lowest BCUT2D eigenvalue weighted by molar-refractivity contribution is 0.415. The van der Waals surface area contributed by atoms with Gasteiger partial charge in [0.05, 0.1) is 22.7 Å². The van der Waals surface area contributed by atoms with Crippen molar-refractivity contribution in [3.63, 3.8) is 0 Å². The van der Waals surface area contributed by atoms with E-state index in [-0.39, 0.29) is 10.9 Å². The summed E-state index contributed by atoms with van der Waals surface area (Å²) in [6, 6.07) is 13.5. The number of sulfonamides is 1. The second kappa shape index (κ2) is 8.36. The van der Waals surface area contributed by atoms with Crippen molar-refractivity contribution >= 4 is 27.4 Å². The Balaban J connectivity index is 1.93. The number of nitrogens with two attached hydrogens (primary N) is 1. The molecule has 0 aliphatic heterocycles. The highest BCUT2D eigenvalue weighted by Gasteiger charge is 2.15. The molecule has 29 heavy (non-hydrogen) atoms. The van der Waals surface area contributed by atoms with Crippen LogP contribution in [0.1, 0.15) is 24.4 Å². The van der Waals surface area contributed by atoms with Crippen LogP contribution in [0.15, 0.2) is 53.4 Å². The molecule has 3 N–H and O–H groups in total. The van der Waals surface area contributed by atoms with Gasteiger partial charge in [0, 0.05) is 17.7 Å².